The number of fused-ring (bicyclic) bond motifs is 2. The smallest absolute Gasteiger partial charge is 0.296 e. The number of aryl methyl sites for hydroxylation is 2. The SMILES string of the molecule is CCCCCCOc1ccc(C2c3c(oc4cc(C)c(C)cc4c3=O)C(=O)N2c2ccc(Cl)cn2)cc1. The molecule has 0 bridgehead atoms. The number of carbonyl (C=O) groups excluding carboxylic acids is 1. The van der Waals surface area contributed by atoms with Gasteiger partial charge in [-0.15, -0.1) is 0 Å². The van der Waals surface area contributed by atoms with Gasteiger partial charge >= 0.3 is 0 Å². The van der Waals surface area contributed by atoms with Crippen LogP contribution in [0.15, 0.2) is 63.9 Å². The number of carbonyl (C=O) groups is 1. The van der Waals surface area contributed by atoms with E-state index < -0.39 is 11.9 Å². The molecule has 1 amide bonds. The molecule has 0 saturated carbocycles. The number of amides is 1. The molecule has 0 radical (unpaired) electrons. The molecule has 0 spiro atoms. The van der Waals surface area contributed by atoms with Crippen molar-refractivity contribution in [3.8, 4) is 5.75 Å². The van der Waals surface area contributed by atoms with E-state index in [1.165, 1.54) is 23.9 Å². The number of ether oxygens (including phenoxy) is 1. The van der Waals surface area contributed by atoms with Crippen molar-refractivity contribution >= 4 is 34.3 Å². The molecule has 3 heterocycles. The second-order valence-electron chi connectivity index (χ2n) is 9.50. The molecule has 6 nitrogen and oxygen atoms in total. The number of halogens is 1. The van der Waals surface area contributed by atoms with Gasteiger partial charge in [0.1, 0.15) is 17.2 Å². The molecule has 1 aliphatic heterocycles. The number of hydrogen-bond acceptors (Lipinski definition) is 5. The Morgan fingerprint density at radius 3 is 2.46 bits per heavy atom. The fraction of sp³-hybridized carbons (Fsp3) is 0.300. The van der Waals surface area contributed by atoms with E-state index in [0.29, 0.717) is 34.0 Å². The third-order valence-corrected chi connectivity index (χ3v) is 7.13. The summed E-state index contributed by atoms with van der Waals surface area (Å²) in [5.74, 6) is 0.762. The van der Waals surface area contributed by atoms with Crippen LogP contribution in [0.5, 0.6) is 5.75 Å². The third kappa shape index (κ3) is 4.74. The lowest BCUT2D eigenvalue weighted by atomic mass is 9.97. The van der Waals surface area contributed by atoms with Gasteiger partial charge in [-0.25, -0.2) is 4.98 Å². The fourth-order valence-electron chi connectivity index (χ4n) is 4.76. The van der Waals surface area contributed by atoms with E-state index in [0.717, 1.165) is 35.3 Å². The molecule has 2 aromatic heterocycles. The molecule has 7 heteroatoms. The van der Waals surface area contributed by atoms with Gasteiger partial charge in [-0.05, 0) is 73.4 Å². The molecule has 0 saturated heterocycles. The summed E-state index contributed by atoms with van der Waals surface area (Å²) in [5, 5.41) is 0.911. The maximum Gasteiger partial charge on any atom is 0.296 e. The van der Waals surface area contributed by atoms with E-state index in [2.05, 4.69) is 11.9 Å². The Kier molecular flexibility index (Phi) is 7.02. The first-order valence-corrected chi connectivity index (χ1v) is 13.0. The molecule has 37 heavy (non-hydrogen) atoms. The molecule has 1 atom stereocenters. The number of hydrogen-bond donors (Lipinski definition) is 0. The number of aromatic nitrogens is 1. The van der Waals surface area contributed by atoms with Gasteiger partial charge in [-0.3, -0.25) is 14.5 Å². The first-order chi connectivity index (χ1) is 17.9. The summed E-state index contributed by atoms with van der Waals surface area (Å²) in [6.45, 7) is 6.73. The molecular formula is C30H29ClN2O4. The van der Waals surface area contributed by atoms with Crippen LogP contribution in [0.1, 0.15) is 71.5 Å². The summed E-state index contributed by atoms with van der Waals surface area (Å²) >= 11 is 6.06. The average molecular weight is 517 g/mol. The van der Waals surface area contributed by atoms with Crippen molar-refractivity contribution in [2.75, 3.05) is 11.5 Å². The Morgan fingerprint density at radius 1 is 1.00 bits per heavy atom. The van der Waals surface area contributed by atoms with Crippen molar-refractivity contribution in [3.63, 3.8) is 0 Å². The Bertz CT molecular complexity index is 1510. The van der Waals surface area contributed by atoms with Gasteiger partial charge in [-0.1, -0.05) is 49.9 Å². The largest absolute Gasteiger partial charge is 0.494 e. The third-order valence-electron chi connectivity index (χ3n) is 6.91. The molecular weight excluding hydrogens is 488 g/mol. The van der Waals surface area contributed by atoms with Gasteiger partial charge in [0.25, 0.3) is 5.91 Å². The van der Waals surface area contributed by atoms with Crippen LogP contribution in [0.4, 0.5) is 5.82 Å². The Hall–Kier alpha value is -3.64. The summed E-state index contributed by atoms with van der Waals surface area (Å²) in [6.07, 6.45) is 6.00. The Labute approximate surface area is 220 Å². The molecule has 0 N–H and O–H groups in total. The number of anilines is 1. The van der Waals surface area contributed by atoms with Gasteiger partial charge in [0, 0.05) is 6.20 Å². The lowest BCUT2D eigenvalue weighted by Gasteiger charge is -2.24. The molecule has 190 valence electrons. The highest BCUT2D eigenvalue weighted by molar-refractivity contribution is 6.30. The number of pyridine rings is 1. The van der Waals surface area contributed by atoms with Gasteiger partial charge in [-0.2, -0.15) is 0 Å². The topological polar surface area (TPSA) is 72.6 Å². The second-order valence-corrected chi connectivity index (χ2v) is 9.93. The minimum Gasteiger partial charge on any atom is -0.494 e. The first-order valence-electron chi connectivity index (χ1n) is 12.6. The summed E-state index contributed by atoms with van der Waals surface area (Å²) in [7, 11) is 0. The van der Waals surface area contributed by atoms with Crippen LogP contribution >= 0.6 is 11.6 Å². The zero-order valence-corrected chi connectivity index (χ0v) is 22.0. The van der Waals surface area contributed by atoms with Crippen LogP contribution < -0.4 is 15.1 Å². The minimum absolute atomic E-state index is 0.0405. The summed E-state index contributed by atoms with van der Waals surface area (Å²) < 4.78 is 12.0. The predicted octanol–water partition coefficient (Wildman–Crippen LogP) is 7.17. The Morgan fingerprint density at radius 2 is 1.76 bits per heavy atom. The first kappa shape index (κ1) is 25.0. The van der Waals surface area contributed by atoms with Crippen molar-refractivity contribution in [2.45, 2.75) is 52.5 Å². The van der Waals surface area contributed by atoms with Gasteiger partial charge < -0.3 is 9.15 Å². The van der Waals surface area contributed by atoms with Gasteiger partial charge in [0.2, 0.25) is 5.76 Å². The van der Waals surface area contributed by atoms with Crippen LogP contribution in [0.25, 0.3) is 11.0 Å². The van der Waals surface area contributed by atoms with Crippen molar-refractivity contribution < 1.29 is 13.9 Å². The van der Waals surface area contributed by atoms with Crippen molar-refractivity contribution in [1.29, 1.82) is 0 Å². The maximum absolute atomic E-state index is 13.8. The number of unbranched alkanes of at least 4 members (excludes halogenated alkanes) is 3. The monoisotopic (exact) mass is 516 g/mol. The highest BCUT2D eigenvalue weighted by Gasteiger charge is 2.44. The number of nitrogens with zero attached hydrogens (tertiary/aromatic N) is 2. The average Bonchev–Trinajstić information content (AvgIpc) is 3.18. The van der Waals surface area contributed by atoms with Crippen molar-refractivity contribution in [1.82, 2.24) is 4.98 Å². The predicted molar refractivity (Wildman–Crippen MR) is 146 cm³/mol. The zero-order chi connectivity index (χ0) is 26.1. The quantitative estimate of drug-likeness (QED) is 0.232. The van der Waals surface area contributed by atoms with Crippen LogP contribution in [0, 0.1) is 13.8 Å². The zero-order valence-electron chi connectivity index (χ0n) is 21.2. The minimum atomic E-state index is -0.697. The van der Waals surface area contributed by atoms with Crippen LogP contribution in [0.2, 0.25) is 5.02 Å². The van der Waals surface area contributed by atoms with Gasteiger partial charge in [0.15, 0.2) is 5.43 Å². The Balaban J connectivity index is 1.59. The lowest BCUT2D eigenvalue weighted by Crippen LogP contribution is -2.30. The van der Waals surface area contributed by atoms with Crippen LogP contribution in [-0.2, 0) is 0 Å². The normalized spacial score (nSPS) is 14.9. The standard InChI is InChI=1S/C30H29ClN2O4/c1-4-5-6-7-14-36-22-11-8-20(9-12-22)27-26-28(34)23-15-18(2)19(3)16-24(23)37-29(26)30(35)33(27)25-13-10-21(31)17-32-25/h8-13,15-17,27H,4-7,14H2,1-3H3. The van der Waals surface area contributed by atoms with Crippen LogP contribution in [0.3, 0.4) is 0 Å². The van der Waals surface area contributed by atoms with E-state index in [1.807, 2.05) is 50.2 Å². The van der Waals surface area contributed by atoms with Crippen molar-refractivity contribution in [2.24, 2.45) is 0 Å². The van der Waals surface area contributed by atoms with Gasteiger partial charge in [0.05, 0.1) is 28.6 Å². The lowest BCUT2D eigenvalue weighted by molar-refractivity contribution is 0.0970. The van der Waals surface area contributed by atoms with E-state index in [1.54, 1.807) is 12.1 Å². The molecule has 1 unspecified atom stereocenters. The van der Waals surface area contributed by atoms with Crippen LogP contribution in [-0.4, -0.2) is 17.5 Å². The fourth-order valence-corrected chi connectivity index (χ4v) is 4.87. The summed E-state index contributed by atoms with van der Waals surface area (Å²) in [6, 6.07) is 13.8. The van der Waals surface area contributed by atoms with Crippen molar-refractivity contribution in [3.05, 3.63) is 98.0 Å². The highest BCUT2D eigenvalue weighted by atomic mass is 35.5. The number of rotatable bonds is 8. The molecule has 0 fully saturated rings. The van der Waals surface area contributed by atoms with E-state index in [-0.39, 0.29) is 11.2 Å². The molecule has 0 aliphatic carbocycles. The maximum atomic E-state index is 13.8. The molecule has 1 aliphatic rings. The summed E-state index contributed by atoms with van der Waals surface area (Å²) in [4.78, 5) is 33.4. The van der Waals surface area contributed by atoms with E-state index in [4.69, 9.17) is 20.8 Å². The highest BCUT2D eigenvalue weighted by Crippen LogP contribution is 2.41. The second kappa shape index (κ2) is 10.4. The van der Waals surface area contributed by atoms with E-state index >= 15 is 0 Å². The molecule has 2 aromatic carbocycles. The number of benzene rings is 2. The molecule has 4 aromatic rings. The summed E-state index contributed by atoms with van der Waals surface area (Å²) in [5.41, 5.74) is 3.22. The van der Waals surface area contributed by atoms with E-state index in [9.17, 15) is 9.59 Å². The molecule has 5 rings (SSSR count).